The number of H-pyrrole nitrogens is 1. The van der Waals surface area contributed by atoms with E-state index >= 15 is 0 Å². The van der Waals surface area contributed by atoms with Gasteiger partial charge >= 0.3 is 6.18 Å². The highest BCUT2D eigenvalue weighted by atomic mass is 19.4. The average molecular weight is 233 g/mol. The lowest BCUT2D eigenvalue weighted by Gasteiger charge is -2.16. The predicted molar refractivity (Wildman–Crippen MR) is 53.0 cm³/mol. The molecule has 1 heterocycles. The largest absolute Gasteiger partial charge is 0.404 e. The zero-order valence-corrected chi connectivity index (χ0v) is 8.77. The van der Waals surface area contributed by atoms with Gasteiger partial charge in [0.25, 0.3) is 0 Å². The number of aryl methyl sites for hydroxylation is 1. The third-order valence-electron chi connectivity index (χ3n) is 2.98. The molecule has 90 valence electrons. The van der Waals surface area contributed by atoms with Gasteiger partial charge in [0, 0.05) is 12.1 Å². The van der Waals surface area contributed by atoms with Crippen LogP contribution in [0.2, 0.25) is 0 Å². The van der Waals surface area contributed by atoms with Crippen LogP contribution >= 0.6 is 0 Å². The Morgan fingerprint density at radius 3 is 2.69 bits per heavy atom. The second-order valence-electron chi connectivity index (χ2n) is 4.19. The maximum Gasteiger partial charge on any atom is 0.404 e. The standard InChI is InChI=1S/C10H14F3N3/c11-10(12,13)9(14)5-8-6-3-1-2-4-7(6)15-16-8/h9H,1-5,14H2,(H,15,16). The first kappa shape index (κ1) is 11.4. The number of halogens is 3. The molecule has 0 amide bonds. The van der Waals surface area contributed by atoms with Crippen molar-refractivity contribution in [2.45, 2.75) is 44.3 Å². The molecular formula is C10H14F3N3. The van der Waals surface area contributed by atoms with Crippen molar-refractivity contribution in [1.29, 1.82) is 0 Å². The van der Waals surface area contributed by atoms with Crippen molar-refractivity contribution in [3.8, 4) is 0 Å². The van der Waals surface area contributed by atoms with E-state index in [1.807, 2.05) is 0 Å². The van der Waals surface area contributed by atoms with E-state index in [1.54, 1.807) is 0 Å². The number of aromatic amines is 1. The van der Waals surface area contributed by atoms with E-state index < -0.39 is 12.2 Å². The molecule has 0 saturated carbocycles. The Labute approximate surface area is 91.2 Å². The Morgan fingerprint density at radius 1 is 1.31 bits per heavy atom. The third kappa shape index (κ3) is 2.21. The minimum atomic E-state index is -4.35. The Balaban J connectivity index is 2.13. The van der Waals surface area contributed by atoms with Crippen molar-refractivity contribution < 1.29 is 13.2 Å². The van der Waals surface area contributed by atoms with Gasteiger partial charge in [-0.3, -0.25) is 5.10 Å². The summed E-state index contributed by atoms with van der Waals surface area (Å²) in [6, 6.07) is -1.82. The lowest BCUT2D eigenvalue weighted by Crippen LogP contribution is -2.39. The van der Waals surface area contributed by atoms with Crippen LogP contribution in [0.1, 0.15) is 29.8 Å². The molecular weight excluding hydrogens is 219 g/mol. The summed E-state index contributed by atoms with van der Waals surface area (Å²) in [5.74, 6) is 0. The molecule has 1 aliphatic carbocycles. The van der Waals surface area contributed by atoms with Crippen LogP contribution in [0.5, 0.6) is 0 Å². The first-order valence-corrected chi connectivity index (χ1v) is 5.36. The van der Waals surface area contributed by atoms with E-state index in [9.17, 15) is 13.2 Å². The summed E-state index contributed by atoms with van der Waals surface area (Å²) in [5, 5.41) is 6.76. The smallest absolute Gasteiger partial charge is 0.320 e. The predicted octanol–water partition coefficient (Wildman–Crippen LogP) is 1.72. The van der Waals surface area contributed by atoms with Gasteiger partial charge in [-0.15, -0.1) is 0 Å². The SMILES string of the molecule is NC(Cc1n[nH]c2c1CCCC2)C(F)(F)F. The van der Waals surface area contributed by atoms with Gasteiger partial charge in [0.2, 0.25) is 0 Å². The van der Waals surface area contributed by atoms with Crippen molar-refractivity contribution >= 4 is 0 Å². The normalized spacial score (nSPS) is 18.2. The highest BCUT2D eigenvalue weighted by Gasteiger charge is 2.37. The van der Waals surface area contributed by atoms with E-state index in [0.717, 1.165) is 36.9 Å². The summed E-state index contributed by atoms with van der Waals surface area (Å²) in [6.07, 6.45) is -0.800. The van der Waals surface area contributed by atoms with Crippen LogP contribution in [0, 0.1) is 0 Å². The van der Waals surface area contributed by atoms with Gasteiger partial charge in [-0.1, -0.05) is 0 Å². The first-order chi connectivity index (χ1) is 7.48. The Bertz CT molecular complexity index is 370. The second kappa shape index (κ2) is 4.08. The summed E-state index contributed by atoms with van der Waals surface area (Å²) < 4.78 is 36.9. The Kier molecular flexibility index (Phi) is 2.92. The molecule has 1 atom stereocenters. The number of nitrogens with one attached hydrogen (secondary N) is 1. The van der Waals surface area contributed by atoms with Gasteiger partial charge in [0.15, 0.2) is 0 Å². The fraction of sp³-hybridized carbons (Fsp3) is 0.700. The van der Waals surface area contributed by atoms with Crippen LogP contribution in [0.15, 0.2) is 0 Å². The lowest BCUT2D eigenvalue weighted by molar-refractivity contribution is -0.147. The second-order valence-corrected chi connectivity index (χ2v) is 4.19. The van der Waals surface area contributed by atoms with Crippen LogP contribution in [0.4, 0.5) is 13.2 Å². The lowest BCUT2D eigenvalue weighted by atomic mass is 9.94. The molecule has 1 unspecified atom stereocenters. The summed E-state index contributed by atoms with van der Waals surface area (Å²) in [4.78, 5) is 0. The average Bonchev–Trinajstić information content (AvgIpc) is 2.61. The number of nitrogens with two attached hydrogens (primary N) is 1. The van der Waals surface area contributed by atoms with Gasteiger partial charge in [-0.25, -0.2) is 0 Å². The molecule has 1 aromatic rings. The van der Waals surface area contributed by atoms with Crippen molar-refractivity contribution in [1.82, 2.24) is 10.2 Å². The molecule has 3 nitrogen and oxygen atoms in total. The minimum Gasteiger partial charge on any atom is -0.320 e. The minimum absolute atomic E-state index is 0.227. The van der Waals surface area contributed by atoms with Crippen molar-refractivity contribution in [3.05, 3.63) is 17.0 Å². The molecule has 0 bridgehead atoms. The van der Waals surface area contributed by atoms with E-state index in [1.165, 1.54) is 0 Å². The van der Waals surface area contributed by atoms with Crippen LogP contribution in [0.3, 0.4) is 0 Å². The topological polar surface area (TPSA) is 54.7 Å². The van der Waals surface area contributed by atoms with Crippen LogP contribution in [0.25, 0.3) is 0 Å². The summed E-state index contributed by atoms with van der Waals surface area (Å²) in [5.41, 5.74) is 7.51. The number of fused-ring (bicyclic) bond motifs is 1. The van der Waals surface area contributed by atoms with Crippen LogP contribution in [-0.2, 0) is 19.3 Å². The monoisotopic (exact) mass is 233 g/mol. The molecule has 16 heavy (non-hydrogen) atoms. The molecule has 0 spiro atoms. The van der Waals surface area contributed by atoms with Crippen molar-refractivity contribution in [3.63, 3.8) is 0 Å². The van der Waals surface area contributed by atoms with Gasteiger partial charge in [-0.2, -0.15) is 18.3 Å². The zero-order chi connectivity index (χ0) is 11.8. The molecule has 0 aliphatic heterocycles. The van der Waals surface area contributed by atoms with Gasteiger partial charge in [0.05, 0.1) is 5.69 Å². The number of hydrogen-bond donors (Lipinski definition) is 2. The molecule has 2 rings (SSSR count). The summed E-state index contributed by atoms with van der Waals surface area (Å²) in [6.45, 7) is 0. The van der Waals surface area contributed by atoms with Gasteiger partial charge in [-0.05, 0) is 31.2 Å². The molecule has 0 saturated heterocycles. The molecule has 0 aromatic carbocycles. The Hall–Kier alpha value is -1.04. The highest BCUT2D eigenvalue weighted by molar-refractivity contribution is 5.28. The number of aromatic nitrogens is 2. The van der Waals surface area contributed by atoms with Crippen LogP contribution < -0.4 is 5.73 Å². The molecule has 0 radical (unpaired) electrons. The molecule has 0 fully saturated rings. The number of alkyl halides is 3. The Morgan fingerprint density at radius 2 is 2.00 bits per heavy atom. The quantitative estimate of drug-likeness (QED) is 0.817. The van der Waals surface area contributed by atoms with Gasteiger partial charge in [0.1, 0.15) is 6.04 Å². The van der Waals surface area contributed by atoms with Gasteiger partial charge < -0.3 is 5.73 Å². The summed E-state index contributed by atoms with van der Waals surface area (Å²) >= 11 is 0. The first-order valence-electron chi connectivity index (χ1n) is 5.36. The third-order valence-corrected chi connectivity index (χ3v) is 2.98. The maximum atomic E-state index is 12.3. The maximum absolute atomic E-state index is 12.3. The number of hydrogen-bond acceptors (Lipinski definition) is 2. The van der Waals surface area contributed by atoms with E-state index in [2.05, 4.69) is 10.2 Å². The van der Waals surface area contributed by atoms with Crippen molar-refractivity contribution in [2.24, 2.45) is 5.73 Å². The number of nitrogens with zero attached hydrogens (tertiary/aromatic N) is 1. The molecule has 3 N–H and O–H groups in total. The van der Waals surface area contributed by atoms with E-state index in [4.69, 9.17) is 5.73 Å². The van der Waals surface area contributed by atoms with E-state index in [-0.39, 0.29) is 6.42 Å². The van der Waals surface area contributed by atoms with Crippen molar-refractivity contribution in [2.75, 3.05) is 0 Å². The molecule has 1 aromatic heterocycles. The molecule has 6 heteroatoms. The van der Waals surface area contributed by atoms with Crippen LogP contribution in [-0.4, -0.2) is 22.4 Å². The molecule has 1 aliphatic rings. The highest BCUT2D eigenvalue weighted by Crippen LogP contribution is 2.26. The fourth-order valence-electron chi connectivity index (χ4n) is 2.04. The zero-order valence-electron chi connectivity index (χ0n) is 8.77. The number of rotatable bonds is 2. The summed E-state index contributed by atoms with van der Waals surface area (Å²) in [7, 11) is 0. The fourth-order valence-corrected chi connectivity index (χ4v) is 2.04. The van der Waals surface area contributed by atoms with E-state index in [0.29, 0.717) is 5.69 Å².